The van der Waals surface area contributed by atoms with Gasteiger partial charge in [0.25, 0.3) is 5.91 Å². The van der Waals surface area contributed by atoms with Gasteiger partial charge in [-0.3, -0.25) is 25.2 Å². The number of hydrogen-bond acceptors (Lipinski definition) is 5. The van der Waals surface area contributed by atoms with E-state index in [-0.39, 0.29) is 18.6 Å². The number of thiophene rings is 1. The van der Waals surface area contributed by atoms with Crippen molar-refractivity contribution >= 4 is 34.6 Å². The van der Waals surface area contributed by atoms with E-state index < -0.39 is 11.8 Å². The van der Waals surface area contributed by atoms with Crippen LogP contribution < -0.4 is 15.8 Å². The van der Waals surface area contributed by atoms with Crippen molar-refractivity contribution in [3.8, 4) is 0 Å². The molecule has 0 unspecified atom stereocenters. The molecule has 2 aromatic rings. The quantitative estimate of drug-likeness (QED) is 0.551. The standard InChI is InChI=1S/C19H23N3O3S/c1-3-22(4-2)15-9-7-14(8-10-15)19(25)21-20-18(24)12-11-16(23)17-6-5-13-26-17/h5-10,13H,3-4,11-12H2,1-2H3,(H,20,24)(H,21,25). The van der Waals surface area contributed by atoms with Crippen LogP contribution in [0.25, 0.3) is 0 Å². The molecule has 0 spiro atoms. The highest BCUT2D eigenvalue weighted by atomic mass is 32.1. The molecule has 0 aliphatic heterocycles. The summed E-state index contributed by atoms with van der Waals surface area (Å²) in [4.78, 5) is 38.5. The van der Waals surface area contributed by atoms with E-state index in [1.54, 1.807) is 24.3 Å². The first-order chi connectivity index (χ1) is 12.5. The number of Topliss-reactive ketones (excluding diaryl/α,β-unsaturated/α-hetero) is 1. The maximum absolute atomic E-state index is 12.1. The third-order valence-corrected chi connectivity index (χ3v) is 4.86. The van der Waals surface area contributed by atoms with Crippen LogP contribution in [0.1, 0.15) is 46.7 Å². The van der Waals surface area contributed by atoms with Gasteiger partial charge in [0.15, 0.2) is 5.78 Å². The van der Waals surface area contributed by atoms with Gasteiger partial charge in [-0.15, -0.1) is 11.3 Å². The number of ketones is 1. The van der Waals surface area contributed by atoms with Crippen molar-refractivity contribution < 1.29 is 14.4 Å². The Morgan fingerprint density at radius 2 is 1.65 bits per heavy atom. The number of carbonyl (C=O) groups excluding carboxylic acids is 3. The van der Waals surface area contributed by atoms with Gasteiger partial charge in [-0.25, -0.2) is 0 Å². The van der Waals surface area contributed by atoms with Gasteiger partial charge < -0.3 is 4.90 Å². The molecule has 2 N–H and O–H groups in total. The van der Waals surface area contributed by atoms with Crippen LogP contribution in [0.4, 0.5) is 5.69 Å². The zero-order chi connectivity index (χ0) is 18.9. The van der Waals surface area contributed by atoms with Crippen LogP contribution in [0.5, 0.6) is 0 Å². The molecule has 1 heterocycles. The zero-order valence-corrected chi connectivity index (χ0v) is 15.8. The fourth-order valence-electron chi connectivity index (χ4n) is 2.46. The highest BCUT2D eigenvalue weighted by Gasteiger charge is 2.12. The summed E-state index contributed by atoms with van der Waals surface area (Å²) in [5.41, 5.74) is 6.22. The van der Waals surface area contributed by atoms with Crippen molar-refractivity contribution in [1.29, 1.82) is 0 Å². The van der Waals surface area contributed by atoms with E-state index in [1.165, 1.54) is 11.3 Å². The molecule has 0 bridgehead atoms. The molecule has 2 rings (SSSR count). The van der Waals surface area contributed by atoms with Crippen molar-refractivity contribution in [2.45, 2.75) is 26.7 Å². The van der Waals surface area contributed by atoms with E-state index in [1.807, 2.05) is 17.5 Å². The second-order valence-corrected chi connectivity index (χ2v) is 6.57. The average Bonchev–Trinajstić information content (AvgIpc) is 3.20. The Balaban J connectivity index is 1.78. The average molecular weight is 373 g/mol. The molecule has 7 heteroatoms. The van der Waals surface area contributed by atoms with Crippen LogP contribution in [-0.4, -0.2) is 30.7 Å². The van der Waals surface area contributed by atoms with Crippen LogP contribution in [0, 0.1) is 0 Å². The molecule has 138 valence electrons. The van der Waals surface area contributed by atoms with Gasteiger partial charge in [-0.2, -0.15) is 0 Å². The third-order valence-electron chi connectivity index (χ3n) is 3.95. The van der Waals surface area contributed by atoms with Crippen molar-refractivity contribution in [2.24, 2.45) is 0 Å². The highest BCUT2D eigenvalue weighted by Crippen LogP contribution is 2.15. The van der Waals surface area contributed by atoms with Crippen LogP contribution in [0.2, 0.25) is 0 Å². The van der Waals surface area contributed by atoms with Gasteiger partial charge in [0.1, 0.15) is 0 Å². The molecular formula is C19H23N3O3S. The van der Waals surface area contributed by atoms with E-state index in [0.717, 1.165) is 18.8 Å². The van der Waals surface area contributed by atoms with Gasteiger partial charge in [0.2, 0.25) is 5.91 Å². The van der Waals surface area contributed by atoms with Crippen molar-refractivity contribution in [3.05, 3.63) is 52.2 Å². The molecule has 26 heavy (non-hydrogen) atoms. The topological polar surface area (TPSA) is 78.5 Å². The van der Waals surface area contributed by atoms with E-state index in [0.29, 0.717) is 10.4 Å². The number of benzene rings is 1. The lowest BCUT2D eigenvalue weighted by Crippen LogP contribution is -2.41. The summed E-state index contributed by atoms with van der Waals surface area (Å²) in [7, 11) is 0. The van der Waals surface area contributed by atoms with Crippen LogP contribution in [0.3, 0.4) is 0 Å². The first kappa shape index (κ1) is 19.7. The summed E-state index contributed by atoms with van der Waals surface area (Å²) >= 11 is 1.35. The minimum Gasteiger partial charge on any atom is -0.372 e. The van der Waals surface area contributed by atoms with Gasteiger partial charge in [0, 0.05) is 37.2 Å². The molecule has 0 aliphatic rings. The lowest BCUT2D eigenvalue weighted by Gasteiger charge is -2.21. The molecule has 0 radical (unpaired) electrons. The molecule has 6 nitrogen and oxygen atoms in total. The molecule has 0 fully saturated rings. The first-order valence-electron chi connectivity index (χ1n) is 8.56. The van der Waals surface area contributed by atoms with Gasteiger partial charge >= 0.3 is 0 Å². The summed E-state index contributed by atoms with van der Waals surface area (Å²) in [6, 6.07) is 10.7. The van der Waals surface area contributed by atoms with Gasteiger partial charge in [-0.1, -0.05) is 6.07 Å². The van der Waals surface area contributed by atoms with Crippen LogP contribution in [0.15, 0.2) is 41.8 Å². The Morgan fingerprint density at radius 1 is 0.962 bits per heavy atom. The number of amides is 2. The Kier molecular flexibility index (Phi) is 7.35. The number of hydrazine groups is 1. The maximum atomic E-state index is 12.1. The van der Waals surface area contributed by atoms with Gasteiger partial charge in [0.05, 0.1) is 4.88 Å². The lowest BCUT2D eigenvalue weighted by molar-refractivity contribution is -0.121. The molecule has 0 atom stereocenters. The van der Waals surface area contributed by atoms with E-state index in [9.17, 15) is 14.4 Å². The fourth-order valence-corrected chi connectivity index (χ4v) is 3.16. The summed E-state index contributed by atoms with van der Waals surface area (Å²) < 4.78 is 0. The summed E-state index contributed by atoms with van der Waals surface area (Å²) in [6.07, 6.45) is 0.138. The highest BCUT2D eigenvalue weighted by molar-refractivity contribution is 7.12. The van der Waals surface area contributed by atoms with Crippen LogP contribution in [-0.2, 0) is 4.79 Å². The predicted octanol–water partition coefficient (Wildman–Crippen LogP) is 3.02. The van der Waals surface area contributed by atoms with Crippen molar-refractivity contribution in [2.75, 3.05) is 18.0 Å². The molecular weight excluding hydrogens is 350 g/mol. The second-order valence-electron chi connectivity index (χ2n) is 5.62. The van der Waals surface area contributed by atoms with E-state index in [2.05, 4.69) is 29.6 Å². The second kappa shape index (κ2) is 9.72. The zero-order valence-electron chi connectivity index (χ0n) is 15.0. The Morgan fingerprint density at radius 3 is 2.23 bits per heavy atom. The minimum absolute atomic E-state index is 0.0257. The number of nitrogens with one attached hydrogen (secondary N) is 2. The summed E-state index contributed by atoms with van der Waals surface area (Å²) in [6.45, 7) is 5.93. The van der Waals surface area contributed by atoms with Gasteiger partial charge in [-0.05, 0) is 49.6 Å². The summed E-state index contributed by atoms with van der Waals surface area (Å²) in [5.74, 6) is -0.870. The molecule has 0 aliphatic carbocycles. The Hall–Kier alpha value is -2.67. The first-order valence-corrected chi connectivity index (χ1v) is 9.44. The number of rotatable bonds is 8. The SMILES string of the molecule is CCN(CC)c1ccc(C(=O)NNC(=O)CCC(=O)c2cccs2)cc1. The van der Waals surface area contributed by atoms with Crippen molar-refractivity contribution in [3.63, 3.8) is 0 Å². The Labute approximate surface area is 157 Å². The number of nitrogens with zero attached hydrogens (tertiary/aromatic N) is 1. The number of anilines is 1. The van der Waals surface area contributed by atoms with E-state index >= 15 is 0 Å². The summed E-state index contributed by atoms with van der Waals surface area (Å²) in [5, 5.41) is 1.82. The predicted molar refractivity (Wildman–Crippen MR) is 103 cm³/mol. The molecule has 2 amide bonds. The number of hydrogen-bond donors (Lipinski definition) is 2. The molecule has 0 saturated carbocycles. The third kappa shape index (κ3) is 5.42. The smallest absolute Gasteiger partial charge is 0.269 e. The molecule has 1 aromatic heterocycles. The fraction of sp³-hybridized carbons (Fsp3) is 0.316. The maximum Gasteiger partial charge on any atom is 0.269 e. The largest absolute Gasteiger partial charge is 0.372 e. The monoisotopic (exact) mass is 373 g/mol. The number of carbonyl (C=O) groups is 3. The Bertz CT molecular complexity index is 738. The van der Waals surface area contributed by atoms with Crippen molar-refractivity contribution in [1.82, 2.24) is 10.9 Å². The molecule has 1 aromatic carbocycles. The normalized spacial score (nSPS) is 10.2. The molecule has 0 saturated heterocycles. The lowest BCUT2D eigenvalue weighted by atomic mass is 10.2. The minimum atomic E-state index is -0.400. The van der Waals surface area contributed by atoms with Crippen LogP contribution >= 0.6 is 11.3 Å². The van der Waals surface area contributed by atoms with E-state index in [4.69, 9.17) is 0 Å².